The number of rotatable bonds is 7. The maximum atomic E-state index is 12.9. The molecule has 2 aliphatic rings. The van der Waals surface area contributed by atoms with Crippen LogP contribution in [0.25, 0.3) is 0 Å². The minimum atomic E-state index is -0.835. The lowest BCUT2D eigenvalue weighted by Crippen LogP contribution is -2.50. The normalized spacial score (nSPS) is 24.6. The average Bonchev–Trinajstić information content (AvgIpc) is 2.85. The first kappa shape index (κ1) is 23.2. The smallest absolute Gasteiger partial charge is 0.325 e. The molecule has 0 unspecified atom stereocenters. The number of nitrogens with zero attached hydrogens (tertiary/aromatic N) is 2. The van der Waals surface area contributed by atoms with Gasteiger partial charge in [-0.05, 0) is 58.8 Å². The number of imide groups is 1. The van der Waals surface area contributed by atoms with Crippen molar-refractivity contribution in [2.24, 2.45) is 5.92 Å². The lowest BCUT2D eigenvalue weighted by atomic mass is 9.75. The molecule has 2 rings (SSSR count). The first-order valence-electron chi connectivity index (χ1n) is 10.6. The summed E-state index contributed by atoms with van der Waals surface area (Å²) in [6.07, 6.45) is 4.83. The predicted molar refractivity (Wildman–Crippen MR) is 108 cm³/mol. The summed E-state index contributed by atoms with van der Waals surface area (Å²) >= 11 is 0. The number of ether oxygens (including phenoxy) is 1. The molecule has 1 aliphatic heterocycles. The zero-order valence-corrected chi connectivity index (χ0v) is 18.4. The Balaban J connectivity index is 1.83. The Kier molecular flexibility index (Phi) is 7.30. The van der Waals surface area contributed by atoms with Crippen molar-refractivity contribution in [2.45, 2.75) is 83.8 Å². The lowest BCUT2D eigenvalue weighted by Gasteiger charge is -2.34. The third-order valence-electron chi connectivity index (χ3n) is 5.80. The van der Waals surface area contributed by atoms with E-state index in [0.29, 0.717) is 31.7 Å². The van der Waals surface area contributed by atoms with Gasteiger partial charge in [0.2, 0.25) is 5.91 Å². The minimum absolute atomic E-state index is 0.208. The van der Waals surface area contributed by atoms with Crippen molar-refractivity contribution in [3.8, 4) is 0 Å². The van der Waals surface area contributed by atoms with E-state index in [1.807, 2.05) is 0 Å². The van der Waals surface area contributed by atoms with Gasteiger partial charge < -0.3 is 15.0 Å². The van der Waals surface area contributed by atoms with Crippen molar-refractivity contribution in [3.05, 3.63) is 0 Å². The van der Waals surface area contributed by atoms with Crippen LogP contribution in [0.2, 0.25) is 0 Å². The van der Waals surface area contributed by atoms with E-state index in [-0.39, 0.29) is 30.7 Å². The summed E-state index contributed by atoms with van der Waals surface area (Å²) in [7, 11) is 1.61. The summed E-state index contributed by atoms with van der Waals surface area (Å²) in [5.41, 5.74) is -1.37. The third-order valence-corrected chi connectivity index (χ3v) is 5.80. The maximum absolute atomic E-state index is 12.9. The highest BCUT2D eigenvalue weighted by Gasteiger charge is 2.52. The number of carbonyl (C=O) groups excluding carboxylic acids is 4. The van der Waals surface area contributed by atoms with Gasteiger partial charge in [0.15, 0.2) is 0 Å². The molecule has 1 aliphatic carbocycles. The van der Waals surface area contributed by atoms with E-state index in [2.05, 4.69) is 12.2 Å². The topological polar surface area (TPSA) is 96.0 Å². The number of esters is 1. The molecule has 4 amide bonds. The van der Waals surface area contributed by atoms with Crippen molar-refractivity contribution >= 4 is 23.8 Å². The maximum Gasteiger partial charge on any atom is 0.325 e. The van der Waals surface area contributed by atoms with Gasteiger partial charge in [0, 0.05) is 20.0 Å². The van der Waals surface area contributed by atoms with Gasteiger partial charge in [0.1, 0.15) is 17.7 Å². The lowest BCUT2D eigenvalue weighted by molar-refractivity contribution is -0.155. The molecule has 1 saturated carbocycles. The van der Waals surface area contributed by atoms with Gasteiger partial charge in [-0.3, -0.25) is 19.3 Å². The molecule has 29 heavy (non-hydrogen) atoms. The van der Waals surface area contributed by atoms with Crippen molar-refractivity contribution < 1.29 is 23.9 Å². The predicted octanol–water partition coefficient (Wildman–Crippen LogP) is 2.46. The molecule has 164 valence electrons. The first-order chi connectivity index (χ1) is 13.5. The first-order valence-corrected chi connectivity index (χ1v) is 10.6. The molecule has 1 spiro atoms. The fourth-order valence-electron chi connectivity index (χ4n) is 3.97. The summed E-state index contributed by atoms with van der Waals surface area (Å²) in [5.74, 6) is -0.321. The van der Waals surface area contributed by atoms with E-state index in [9.17, 15) is 19.2 Å². The highest BCUT2D eigenvalue weighted by Crippen LogP contribution is 2.37. The standard InChI is InChI=1S/C21H35N3O5/c1-6-15-9-11-21(12-10-15)18(27)24(19(28)22-21)14-16(25)23(5)13-7-8-17(26)29-20(2,3)4/h15H,6-14H2,1-5H3,(H,22,28). The molecule has 0 radical (unpaired) electrons. The fourth-order valence-corrected chi connectivity index (χ4v) is 3.97. The van der Waals surface area contributed by atoms with Gasteiger partial charge in [0.05, 0.1) is 0 Å². The second kappa shape index (κ2) is 9.13. The molecule has 8 heteroatoms. The van der Waals surface area contributed by atoms with E-state index in [1.54, 1.807) is 27.8 Å². The van der Waals surface area contributed by atoms with Crippen molar-refractivity contribution in [2.75, 3.05) is 20.1 Å². The Morgan fingerprint density at radius 2 is 1.86 bits per heavy atom. The number of urea groups is 1. The van der Waals surface area contributed by atoms with Gasteiger partial charge in [-0.15, -0.1) is 0 Å². The molecular formula is C21H35N3O5. The molecule has 8 nitrogen and oxygen atoms in total. The van der Waals surface area contributed by atoms with Crippen LogP contribution in [0.1, 0.15) is 72.6 Å². The summed E-state index contributed by atoms with van der Waals surface area (Å²) in [4.78, 5) is 52.0. The van der Waals surface area contributed by atoms with Crippen LogP contribution >= 0.6 is 0 Å². The number of carbonyl (C=O) groups is 4. The SMILES string of the molecule is CCC1CCC2(CC1)NC(=O)N(CC(=O)N(C)CCCC(=O)OC(C)(C)C)C2=O. The number of hydrogen-bond acceptors (Lipinski definition) is 5. The van der Waals surface area contributed by atoms with Gasteiger partial charge in [-0.2, -0.15) is 0 Å². The molecule has 1 N–H and O–H groups in total. The summed E-state index contributed by atoms with van der Waals surface area (Å²) in [6, 6.07) is -0.486. The average molecular weight is 410 g/mol. The fraction of sp³-hybridized carbons (Fsp3) is 0.810. The van der Waals surface area contributed by atoms with Crippen molar-refractivity contribution in [1.29, 1.82) is 0 Å². The number of likely N-dealkylation sites (N-methyl/N-ethyl adjacent to an activating group) is 1. The van der Waals surface area contributed by atoms with Crippen molar-refractivity contribution in [3.63, 3.8) is 0 Å². The van der Waals surface area contributed by atoms with E-state index >= 15 is 0 Å². The number of nitrogens with one attached hydrogen (secondary N) is 1. The highest BCUT2D eigenvalue weighted by atomic mass is 16.6. The van der Waals surface area contributed by atoms with Crippen LogP contribution in [-0.2, 0) is 19.1 Å². The summed E-state index contributed by atoms with van der Waals surface area (Å²) in [6.45, 7) is 7.64. The molecule has 0 aromatic rings. The summed E-state index contributed by atoms with van der Waals surface area (Å²) in [5, 5.41) is 2.84. The molecule has 0 aromatic heterocycles. The van der Waals surface area contributed by atoms with E-state index < -0.39 is 17.2 Å². The second-order valence-corrected chi connectivity index (χ2v) is 9.26. The van der Waals surface area contributed by atoms with Crippen LogP contribution in [-0.4, -0.2) is 64.9 Å². The monoisotopic (exact) mass is 409 g/mol. The number of hydrogen-bond donors (Lipinski definition) is 1. The van der Waals surface area contributed by atoms with E-state index in [1.165, 1.54) is 4.90 Å². The van der Waals surface area contributed by atoms with E-state index in [4.69, 9.17) is 4.74 Å². The minimum Gasteiger partial charge on any atom is -0.460 e. The third kappa shape index (κ3) is 5.93. The van der Waals surface area contributed by atoms with Crippen LogP contribution in [0.3, 0.4) is 0 Å². The zero-order valence-electron chi connectivity index (χ0n) is 18.4. The summed E-state index contributed by atoms with van der Waals surface area (Å²) < 4.78 is 5.25. The molecule has 0 atom stereocenters. The Hall–Kier alpha value is -2.12. The van der Waals surface area contributed by atoms with Gasteiger partial charge in [-0.1, -0.05) is 13.3 Å². The van der Waals surface area contributed by atoms with Gasteiger partial charge in [-0.25, -0.2) is 4.79 Å². The van der Waals surface area contributed by atoms with Crippen molar-refractivity contribution in [1.82, 2.24) is 15.1 Å². The molecular weight excluding hydrogens is 374 g/mol. The molecule has 1 heterocycles. The Labute approximate surface area is 173 Å². The zero-order chi connectivity index (χ0) is 21.8. The van der Waals surface area contributed by atoms with Crippen LogP contribution in [0, 0.1) is 5.92 Å². The van der Waals surface area contributed by atoms with E-state index in [0.717, 1.165) is 24.2 Å². The van der Waals surface area contributed by atoms with Crippen LogP contribution < -0.4 is 5.32 Å². The molecule has 0 bridgehead atoms. The molecule has 1 saturated heterocycles. The highest BCUT2D eigenvalue weighted by molar-refractivity contribution is 6.09. The molecule has 2 fully saturated rings. The van der Waals surface area contributed by atoms with Crippen LogP contribution in [0.15, 0.2) is 0 Å². The van der Waals surface area contributed by atoms with Crippen LogP contribution in [0.5, 0.6) is 0 Å². The second-order valence-electron chi connectivity index (χ2n) is 9.26. The largest absolute Gasteiger partial charge is 0.460 e. The Bertz CT molecular complexity index is 647. The number of amides is 4. The Morgan fingerprint density at radius 1 is 1.24 bits per heavy atom. The quantitative estimate of drug-likeness (QED) is 0.515. The van der Waals surface area contributed by atoms with Gasteiger partial charge in [0.25, 0.3) is 5.91 Å². The van der Waals surface area contributed by atoms with Crippen LogP contribution in [0.4, 0.5) is 4.79 Å². The van der Waals surface area contributed by atoms with Gasteiger partial charge >= 0.3 is 12.0 Å². The Morgan fingerprint density at radius 3 is 2.41 bits per heavy atom. The molecule has 0 aromatic carbocycles.